The zero-order valence-corrected chi connectivity index (χ0v) is 10.4. The predicted molar refractivity (Wildman–Crippen MR) is 71.2 cm³/mol. The fourth-order valence-corrected chi connectivity index (χ4v) is 1.77. The second-order valence-electron chi connectivity index (χ2n) is 4.09. The number of benzene rings is 2. The second kappa shape index (κ2) is 5.88. The molecule has 0 saturated heterocycles. The van der Waals surface area contributed by atoms with Gasteiger partial charge in [0.2, 0.25) is 0 Å². The highest BCUT2D eigenvalue weighted by Crippen LogP contribution is 2.23. The highest BCUT2D eigenvalue weighted by Gasteiger charge is 2.10. The average molecular weight is 272 g/mol. The van der Waals surface area contributed by atoms with E-state index >= 15 is 0 Å². The molecule has 0 bridgehead atoms. The van der Waals surface area contributed by atoms with Crippen molar-refractivity contribution < 1.29 is 24.5 Å². The van der Waals surface area contributed by atoms with Crippen LogP contribution in [0.1, 0.15) is 26.3 Å². The van der Waals surface area contributed by atoms with Crippen LogP contribution in [-0.2, 0) is 6.61 Å². The first-order valence-electron chi connectivity index (χ1n) is 5.84. The van der Waals surface area contributed by atoms with Gasteiger partial charge in [-0.1, -0.05) is 18.2 Å². The largest absolute Gasteiger partial charge is 0.508 e. The zero-order valence-electron chi connectivity index (χ0n) is 10.4. The van der Waals surface area contributed by atoms with Gasteiger partial charge in [0.1, 0.15) is 18.1 Å². The van der Waals surface area contributed by atoms with Gasteiger partial charge in [-0.15, -0.1) is 0 Å². The number of aldehydes is 1. The van der Waals surface area contributed by atoms with E-state index in [1.165, 1.54) is 24.3 Å². The molecule has 0 aliphatic carbocycles. The minimum absolute atomic E-state index is 0.0219. The van der Waals surface area contributed by atoms with Gasteiger partial charge in [0.15, 0.2) is 6.29 Å². The zero-order chi connectivity index (χ0) is 14.5. The van der Waals surface area contributed by atoms with E-state index in [-0.39, 0.29) is 29.2 Å². The first kappa shape index (κ1) is 13.6. The van der Waals surface area contributed by atoms with Crippen LogP contribution >= 0.6 is 0 Å². The molecule has 2 N–H and O–H groups in total. The Balaban J connectivity index is 2.21. The van der Waals surface area contributed by atoms with Gasteiger partial charge in [0.05, 0.1) is 11.1 Å². The van der Waals surface area contributed by atoms with Crippen molar-refractivity contribution in [1.29, 1.82) is 0 Å². The first-order chi connectivity index (χ1) is 9.61. The fourth-order valence-electron chi connectivity index (χ4n) is 1.77. The number of ether oxygens (including phenoxy) is 1. The Morgan fingerprint density at radius 1 is 1.20 bits per heavy atom. The van der Waals surface area contributed by atoms with Crippen LogP contribution < -0.4 is 4.74 Å². The summed E-state index contributed by atoms with van der Waals surface area (Å²) in [6.07, 6.45) is 0.568. The molecule has 0 aliphatic heterocycles. The third kappa shape index (κ3) is 2.95. The Labute approximate surface area is 115 Å². The molecule has 20 heavy (non-hydrogen) atoms. The maximum Gasteiger partial charge on any atom is 0.336 e. The van der Waals surface area contributed by atoms with E-state index < -0.39 is 5.97 Å². The third-order valence-corrected chi connectivity index (χ3v) is 2.75. The maximum absolute atomic E-state index is 11.1. The number of carboxylic acid groups (broad SMARTS) is 1. The van der Waals surface area contributed by atoms with E-state index in [0.717, 1.165) is 0 Å². The van der Waals surface area contributed by atoms with Gasteiger partial charge in [-0.25, -0.2) is 4.79 Å². The lowest BCUT2D eigenvalue weighted by atomic mass is 10.1. The van der Waals surface area contributed by atoms with E-state index in [4.69, 9.17) is 9.84 Å². The standard InChI is InChI=1S/C15H12O5/c16-8-11-7-12(17)5-6-14(11)20-9-10-3-1-2-4-13(10)15(18)19/h1-8,17H,9H2,(H,18,19). The minimum atomic E-state index is -1.04. The van der Waals surface area contributed by atoms with Crippen LogP contribution in [0.25, 0.3) is 0 Å². The fraction of sp³-hybridized carbons (Fsp3) is 0.0667. The lowest BCUT2D eigenvalue weighted by Crippen LogP contribution is -2.06. The molecule has 0 aromatic heterocycles. The number of rotatable bonds is 5. The molecule has 0 heterocycles. The predicted octanol–water partition coefficient (Wildman–Crippen LogP) is 2.48. The van der Waals surface area contributed by atoms with E-state index in [2.05, 4.69) is 0 Å². The molecule has 0 unspecified atom stereocenters. The molecule has 5 heteroatoms. The normalized spacial score (nSPS) is 10.0. The van der Waals surface area contributed by atoms with E-state index in [1.54, 1.807) is 18.2 Å². The number of carbonyl (C=O) groups is 2. The van der Waals surface area contributed by atoms with Crippen LogP contribution in [0.15, 0.2) is 42.5 Å². The average Bonchev–Trinajstić information content (AvgIpc) is 2.46. The van der Waals surface area contributed by atoms with Crippen LogP contribution in [0.4, 0.5) is 0 Å². The summed E-state index contributed by atoms with van der Waals surface area (Å²) in [5.74, 6) is -0.783. The van der Waals surface area contributed by atoms with Gasteiger partial charge in [0.25, 0.3) is 0 Å². The highest BCUT2D eigenvalue weighted by atomic mass is 16.5. The van der Waals surface area contributed by atoms with Crippen LogP contribution in [0.3, 0.4) is 0 Å². The van der Waals surface area contributed by atoms with Crippen molar-refractivity contribution in [2.45, 2.75) is 6.61 Å². The molecule has 5 nitrogen and oxygen atoms in total. The number of aromatic hydroxyl groups is 1. The van der Waals surface area contributed by atoms with Crippen LogP contribution in [0, 0.1) is 0 Å². The summed E-state index contributed by atoms with van der Waals surface area (Å²) in [6, 6.07) is 10.6. The van der Waals surface area contributed by atoms with Gasteiger partial charge in [0, 0.05) is 5.56 Å². The van der Waals surface area contributed by atoms with Crippen molar-refractivity contribution in [3.05, 3.63) is 59.2 Å². The molecule has 0 saturated carbocycles. The summed E-state index contributed by atoms with van der Waals surface area (Å²) in [5.41, 5.74) is 0.863. The van der Waals surface area contributed by atoms with Crippen LogP contribution in [-0.4, -0.2) is 22.5 Å². The van der Waals surface area contributed by atoms with Crippen molar-refractivity contribution in [3.63, 3.8) is 0 Å². The Morgan fingerprint density at radius 3 is 2.65 bits per heavy atom. The van der Waals surface area contributed by atoms with Gasteiger partial charge in [-0.3, -0.25) is 4.79 Å². The number of hydrogen-bond donors (Lipinski definition) is 2. The van der Waals surface area contributed by atoms with Gasteiger partial charge < -0.3 is 14.9 Å². The molecule has 2 aromatic rings. The molecule has 0 amide bonds. The molecule has 2 aromatic carbocycles. The van der Waals surface area contributed by atoms with Crippen molar-refractivity contribution in [2.75, 3.05) is 0 Å². The number of aromatic carboxylic acids is 1. The molecular formula is C15H12O5. The Hall–Kier alpha value is -2.82. The van der Waals surface area contributed by atoms with Gasteiger partial charge >= 0.3 is 5.97 Å². The van der Waals surface area contributed by atoms with Crippen molar-refractivity contribution in [2.24, 2.45) is 0 Å². The topological polar surface area (TPSA) is 83.8 Å². The quantitative estimate of drug-likeness (QED) is 0.817. The smallest absolute Gasteiger partial charge is 0.336 e. The monoisotopic (exact) mass is 272 g/mol. The van der Waals surface area contributed by atoms with Crippen LogP contribution in [0.5, 0.6) is 11.5 Å². The molecule has 0 spiro atoms. The number of carboxylic acids is 1. The minimum Gasteiger partial charge on any atom is -0.508 e. The van der Waals surface area contributed by atoms with E-state index in [0.29, 0.717) is 11.8 Å². The summed E-state index contributed by atoms with van der Waals surface area (Å²) in [5, 5.41) is 18.3. The number of phenols is 1. The first-order valence-corrected chi connectivity index (χ1v) is 5.84. The molecule has 0 radical (unpaired) electrons. The van der Waals surface area contributed by atoms with E-state index in [9.17, 15) is 14.7 Å². The van der Waals surface area contributed by atoms with E-state index in [1.807, 2.05) is 0 Å². The van der Waals surface area contributed by atoms with Crippen molar-refractivity contribution in [3.8, 4) is 11.5 Å². The summed E-state index contributed by atoms with van der Waals surface area (Å²) in [7, 11) is 0. The summed E-state index contributed by atoms with van der Waals surface area (Å²) in [6.45, 7) is 0.0219. The molecular weight excluding hydrogens is 260 g/mol. The Morgan fingerprint density at radius 2 is 1.95 bits per heavy atom. The summed E-state index contributed by atoms with van der Waals surface area (Å²) >= 11 is 0. The molecule has 0 aliphatic rings. The highest BCUT2D eigenvalue weighted by molar-refractivity contribution is 5.89. The van der Waals surface area contributed by atoms with Crippen molar-refractivity contribution in [1.82, 2.24) is 0 Å². The summed E-state index contributed by atoms with van der Waals surface area (Å²) in [4.78, 5) is 21.9. The van der Waals surface area contributed by atoms with Gasteiger partial charge in [-0.05, 0) is 24.3 Å². The van der Waals surface area contributed by atoms with Gasteiger partial charge in [-0.2, -0.15) is 0 Å². The Bertz CT molecular complexity index is 648. The van der Waals surface area contributed by atoms with Crippen molar-refractivity contribution >= 4 is 12.3 Å². The molecule has 0 atom stereocenters. The number of phenolic OH excluding ortho intramolecular Hbond substituents is 1. The SMILES string of the molecule is O=Cc1cc(O)ccc1OCc1ccccc1C(=O)O. The maximum atomic E-state index is 11.1. The number of hydrogen-bond acceptors (Lipinski definition) is 4. The lowest BCUT2D eigenvalue weighted by Gasteiger charge is -2.10. The number of carbonyl (C=O) groups excluding carboxylic acids is 1. The molecule has 2 rings (SSSR count). The third-order valence-electron chi connectivity index (χ3n) is 2.75. The summed E-state index contributed by atoms with van der Waals surface area (Å²) < 4.78 is 5.45. The molecule has 102 valence electrons. The second-order valence-corrected chi connectivity index (χ2v) is 4.09. The molecule has 0 fully saturated rings. The van der Waals surface area contributed by atoms with Crippen LogP contribution in [0.2, 0.25) is 0 Å². The lowest BCUT2D eigenvalue weighted by molar-refractivity contribution is 0.0693. The Kier molecular flexibility index (Phi) is 4.00.